The lowest BCUT2D eigenvalue weighted by Gasteiger charge is -2.24. The molecule has 0 aromatic heterocycles. The Morgan fingerprint density at radius 1 is 0.963 bits per heavy atom. The molecule has 2 aromatic rings. The molecule has 0 saturated heterocycles. The number of halogens is 1. The standard InChI is InChI=1S/C21H29N3O2.HI/c1-21(2,25-4)16-24-20(22-3)23-14-17-10-12-18(13-11-17)15-26-19-8-6-5-7-9-19;/h5-13H,14-16H2,1-4H3,(H2,22,23,24);1H. The first-order valence-electron chi connectivity index (χ1n) is 8.78. The van der Waals surface area contributed by atoms with Gasteiger partial charge in [0, 0.05) is 27.2 Å². The number of nitrogens with zero attached hydrogens (tertiary/aromatic N) is 1. The van der Waals surface area contributed by atoms with Crippen molar-refractivity contribution in [2.24, 2.45) is 4.99 Å². The molecule has 0 spiro atoms. The summed E-state index contributed by atoms with van der Waals surface area (Å²) in [5.41, 5.74) is 2.09. The van der Waals surface area contributed by atoms with Crippen LogP contribution in [0.25, 0.3) is 0 Å². The van der Waals surface area contributed by atoms with Gasteiger partial charge in [-0.1, -0.05) is 42.5 Å². The Morgan fingerprint density at radius 3 is 2.19 bits per heavy atom. The van der Waals surface area contributed by atoms with Crippen LogP contribution in [0.5, 0.6) is 5.75 Å². The normalized spacial score (nSPS) is 11.5. The van der Waals surface area contributed by atoms with Gasteiger partial charge in [0.2, 0.25) is 0 Å². The van der Waals surface area contributed by atoms with Crippen LogP contribution >= 0.6 is 24.0 Å². The molecule has 2 aromatic carbocycles. The second kappa shape index (κ2) is 11.8. The third-order valence-electron chi connectivity index (χ3n) is 4.09. The first-order chi connectivity index (χ1) is 12.5. The monoisotopic (exact) mass is 483 g/mol. The van der Waals surface area contributed by atoms with Crippen LogP contribution in [0.1, 0.15) is 25.0 Å². The number of benzene rings is 2. The van der Waals surface area contributed by atoms with E-state index in [-0.39, 0.29) is 29.6 Å². The van der Waals surface area contributed by atoms with Gasteiger partial charge in [-0.15, -0.1) is 24.0 Å². The molecule has 0 aliphatic rings. The van der Waals surface area contributed by atoms with Crippen molar-refractivity contribution in [1.29, 1.82) is 0 Å². The third kappa shape index (κ3) is 8.62. The quantitative estimate of drug-likeness (QED) is 0.339. The van der Waals surface area contributed by atoms with Crippen LogP contribution in [0.3, 0.4) is 0 Å². The van der Waals surface area contributed by atoms with E-state index in [1.54, 1.807) is 14.2 Å². The van der Waals surface area contributed by atoms with Crippen LogP contribution in [0.4, 0.5) is 0 Å². The van der Waals surface area contributed by atoms with Crippen molar-refractivity contribution in [2.75, 3.05) is 20.7 Å². The Balaban J connectivity index is 0.00000364. The van der Waals surface area contributed by atoms with Crippen LogP contribution in [-0.2, 0) is 17.9 Å². The minimum Gasteiger partial charge on any atom is -0.489 e. The molecule has 5 nitrogen and oxygen atoms in total. The molecule has 0 bridgehead atoms. The van der Waals surface area contributed by atoms with Gasteiger partial charge < -0.3 is 20.1 Å². The van der Waals surface area contributed by atoms with Gasteiger partial charge in [-0.3, -0.25) is 4.99 Å². The number of nitrogens with one attached hydrogen (secondary N) is 2. The molecule has 148 valence electrons. The van der Waals surface area contributed by atoms with Crippen molar-refractivity contribution in [1.82, 2.24) is 10.6 Å². The van der Waals surface area contributed by atoms with E-state index in [2.05, 4.69) is 39.9 Å². The molecule has 6 heteroatoms. The minimum atomic E-state index is -0.238. The van der Waals surface area contributed by atoms with Crippen molar-refractivity contribution in [3.8, 4) is 5.75 Å². The average molecular weight is 483 g/mol. The van der Waals surface area contributed by atoms with Gasteiger partial charge in [-0.05, 0) is 37.1 Å². The molecule has 0 fully saturated rings. The second-order valence-corrected chi connectivity index (χ2v) is 6.66. The highest BCUT2D eigenvalue weighted by molar-refractivity contribution is 14.0. The molecule has 0 aliphatic carbocycles. The fourth-order valence-corrected chi connectivity index (χ4v) is 2.21. The molecule has 0 heterocycles. The van der Waals surface area contributed by atoms with E-state index >= 15 is 0 Å². The minimum absolute atomic E-state index is 0. The number of hydrogen-bond donors (Lipinski definition) is 2. The molecule has 0 radical (unpaired) electrons. The first kappa shape index (κ1) is 23.2. The van der Waals surface area contributed by atoms with Gasteiger partial charge in [0.1, 0.15) is 12.4 Å². The first-order valence-corrected chi connectivity index (χ1v) is 8.78. The Morgan fingerprint density at radius 2 is 1.59 bits per heavy atom. The number of methoxy groups -OCH3 is 1. The highest BCUT2D eigenvalue weighted by Crippen LogP contribution is 2.12. The Kier molecular flexibility index (Phi) is 10.2. The van der Waals surface area contributed by atoms with Crippen LogP contribution in [0.2, 0.25) is 0 Å². The second-order valence-electron chi connectivity index (χ2n) is 6.66. The molecule has 0 unspecified atom stereocenters. The number of para-hydroxylation sites is 1. The molecule has 2 rings (SSSR count). The van der Waals surface area contributed by atoms with Gasteiger partial charge in [-0.2, -0.15) is 0 Å². The summed E-state index contributed by atoms with van der Waals surface area (Å²) in [6, 6.07) is 18.2. The largest absolute Gasteiger partial charge is 0.489 e. The molecule has 0 saturated carbocycles. The molecular formula is C21H30IN3O2. The van der Waals surface area contributed by atoms with Crippen molar-refractivity contribution in [2.45, 2.75) is 32.6 Å². The van der Waals surface area contributed by atoms with Crippen molar-refractivity contribution < 1.29 is 9.47 Å². The van der Waals surface area contributed by atoms with Crippen molar-refractivity contribution in [3.63, 3.8) is 0 Å². The van der Waals surface area contributed by atoms with Crippen LogP contribution in [-0.4, -0.2) is 32.3 Å². The summed E-state index contributed by atoms with van der Waals surface area (Å²) in [5, 5.41) is 6.59. The molecule has 0 atom stereocenters. The predicted octanol–water partition coefficient (Wildman–Crippen LogP) is 3.97. The summed E-state index contributed by atoms with van der Waals surface area (Å²) in [5.74, 6) is 1.64. The van der Waals surface area contributed by atoms with Gasteiger partial charge in [0.05, 0.1) is 5.60 Å². The summed E-state index contributed by atoms with van der Waals surface area (Å²) in [7, 11) is 3.47. The fourth-order valence-electron chi connectivity index (χ4n) is 2.21. The number of guanidine groups is 1. The highest BCUT2D eigenvalue weighted by Gasteiger charge is 2.16. The Bertz CT molecular complexity index is 688. The maximum Gasteiger partial charge on any atom is 0.191 e. The van der Waals surface area contributed by atoms with E-state index in [0.717, 1.165) is 17.3 Å². The van der Waals surface area contributed by atoms with Crippen molar-refractivity contribution >= 4 is 29.9 Å². The van der Waals surface area contributed by atoms with Gasteiger partial charge in [-0.25, -0.2) is 0 Å². The maximum atomic E-state index is 5.77. The summed E-state index contributed by atoms with van der Waals surface area (Å²) >= 11 is 0. The SMILES string of the molecule is CN=C(NCc1ccc(COc2ccccc2)cc1)NCC(C)(C)OC.I. The Hall–Kier alpha value is -1.80. The third-order valence-corrected chi connectivity index (χ3v) is 4.09. The van der Waals surface area contributed by atoms with Crippen LogP contribution in [0.15, 0.2) is 59.6 Å². The van der Waals surface area contributed by atoms with Gasteiger partial charge in [0.25, 0.3) is 0 Å². The van der Waals surface area contributed by atoms with E-state index in [1.165, 1.54) is 5.56 Å². The van der Waals surface area contributed by atoms with Crippen molar-refractivity contribution in [3.05, 3.63) is 65.7 Å². The zero-order chi connectivity index (χ0) is 18.8. The van der Waals surface area contributed by atoms with Crippen LogP contribution in [0, 0.1) is 0 Å². The smallest absolute Gasteiger partial charge is 0.191 e. The molecular weight excluding hydrogens is 453 g/mol. The molecule has 0 amide bonds. The fraction of sp³-hybridized carbons (Fsp3) is 0.381. The number of hydrogen-bond acceptors (Lipinski definition) is 3. The lowest BCUT2D eigenvalue weighted by molar-refractivity contribution is 0.0268. The zero-order valence-corrected chi connectivity index (χ0v) is 18.8. The lowest BCUT2D eigenvalue weighted by Crippen LogP contribution is -2.45. The molecule has 27 heavy (non-hydrogen) atoms. The predicted molar refractivity (Wildman–Crippen MR) is 122 cm³/mol. The molecule has 2 N–H and O–H groups in total. The summed E-state index contributed by atoms with van der Waals surface area (Å²) in [4.78, 5) is 4.24. The number of rotatable bonds is 8. The van der Waals surface area contributed by atoms with Gasteiger partial charge >= 0.3 is 0 Å². The van der Waals surface area contributed by atoms with Crippen LogP contribution < -0.4 is 15.4 Å². The maximum absolute atomic E-state index is 5.77. The van der Waals surface area contributed by atoms with Gasteiger partial charge in [0.15, 0.2) is 5.96 Å². The highest BCUT2D eigenvalue weighted by atomic mass is 127. The Labute approximate surface area is 179 Å². The van der Waals surface area contributed by atoms with E-state index in [9.17, 15) is 0 Å². The topological polar surface area (TPSA) is 54.9 Å². The summed E-state index contributed by atoms with van der Waals surface area (Å²) in [6.07, 6.45) is 0. The van der Waals surface area contributed by atoms with E-state index in [1.807, 2.05) is 44.2 Å². The number of aliphatic imine (C=N–C) groups is 1. The van der Waals surface area contributed by atoms with E-state index in [0.29, 0.717) is 19.7 Å². The summed E-state index contributed by atoms with van der Waals surface area (Å²) in [6.45, 7) is 6.01. The van der Waals surface area contributed by atoms with E-state index in [4.69, 9.17) is 9.47 Å². The lowest BCUT2D eigenvalue weighted by atomic mass is 10.1. The average Bonchev–Trinajstić information content (AvgIpc) is 2.68. The summed E-state index contributed by atoms with van der Waals surface area (Å²) < 4.78 is 11.2. The van der Waals surface area contributed by atoms with E-state index < -0.39 is 0 Å². The zero-order valence-electron chi connectivity index (χ0n) is 16.5. The number of ether oxygens (including phenoxy) is 2. The molecule has 0 aliphatic heterocycles.